The molecule has 0 saturated carbocycles. The van der Waals surface area contributed by atoms with Gasteiger partial charge >= 0.3 is 0 Å². The van der Waals surface area contributed by atoms with Crippen LogP contribution in [-0.4, -0.2) is 20.3 Å². The summed E-state index contributed by atoms with van der Waals surface area (Å²) in [5, 5.41) is 0. The molecule has 2 aromatic rings. The summed E-state index contributed by atoms with van der Waals surface area (Å²) in [4.78, 5) is 0. The first-order valence-electron chi connectivity index (χ1n) is 7.53. The predicted molar refractivity (Wildman–Crippen MR) is 84.8 cm³/mol. The van der Waals surface area contributed by atoms with Crippen LogP contribution in [0.4, 0.5) is 0 Å². The lowest BCUT2D eigenvalue weighted by Crippen LogP contribution is -2.36. The molecular weight excluding hydrogens is 276 g/mol. The highest BCUT2D eigenvalue weighted by Gasteiger charge is 2.48. The lowest BCUT2D eigenvalue weighted by atomic mass is 9.79. The van der Waals surface area contributed by atoms with Crippen LogP contribution in [-0.2, 0) is 15.3 Å². The molecule has 22 heavy (non-hydrogen) atoms. The summed E-state index contributed by atoms with van der Waals surface area (Å²) in [6.07, 6.45) is 4.33. The Hall–Kier alpha value is -2.10. The molecule has 1 saturated heterocycles. The van der Waals surface area contributed by atoms with Crippen molar-refractivity contribution >= 4 is 6.08 Å². The Bertz CT molecular complexity index is 697. The van der Waals surface area contributed by atoms with Crippen molar-refractivity contribution in [3.63, 3.8) is 0 Å². The molecule has 3 heteroatoms. The van der Waals surface area contributed by atoms with E-state index in [4.69, 9.17) is 14.2 Å². The van der Waals surface area contributed by atoms with Gasteiger partial charge in [-0.25, -0.2) is 0 Å². The number of methoxy groups -OCH3 is 1. The minimum Gasteiger partial charge on any atom is -0.497 e. The predicted octanol–water partition coefficient (Wildman–Crippen LogP) is 3.71. The minimum absolute atomic E-state index is 0.0378. The molecule has 1 heterocycles. The zero-order chi connectivity index (χ0) is 15.0. The van der Waals surface area contributed by atoms with Gasteiger partial charge in [0.15, 0.2) is 0 Å². The van der Waals surface area contributed by atoms with E-state index in [1.54, 1.807) is 7.11 Å². The second-order valence-corrected chi connectivity index (χ2v) is 5.56. The number of benzene rings is 2. The fourth-order valence-electron chi connectivity index (χ4n) is 3.36. The van der Waals surface area contributed by atoms with Crippen LogP contribution in [0.25, 0.3) is 6.08 Å². The first kappa shape index (κ1) is 13.6. The van der Waals surface area contributed by atoms with E-state index in [0.29, 0.717) is 13.2 Å². The van der Waals surface area contributed by atoms with Crippen molar-refractivity contribution in [2.75, 3.05) is 20.3 Å². The van der Waals surface area contributed by atoms with E-state index in [9.17, 15) is 0 Å². The van der Waals surface area contributed by atoms with E-state index in [2.05, 4.69) is 36.4 Å². The largest absolute Gasteiger partial charge is 0.497 e. The maximum Gasteiger partial charge on any atom is 0.206 e. The Balaban J connectivity index is 1.82. The molecule has 1 fully saturated rings. The molecule has 0 amide bonds. The standard InChI is InChI=1S/C19H18O3/c1-20-16-9-6-15(7-10-16)18-11-8-14-4-2-3-5-17(14)19(18)21-12-13-22-19/h2-11,18H,12-13H2,1H3. The van der Waals surface area contributed by atoms with Gasteiger partial charge in [0.1, 0.15) is 5.75 Å². The average Bonchev–Trinajstić information content (AvgIpc) is 3.06. The van der Waals surface area contributed by atoms with Crippen LogP contribution in [0.15, 0.2) is 54.6 Å². The van der Waals surface area contributed by atoms with Gasteiger partial charge in [-0.1, -0.05) is 48.6 Å². The Labute approximate surface area is 130 Å². The molecule has 1 unspecified atom stereocenters. The van der Waals surface area contributed by atoms with E-state index in [-0.39, 0.29) is 5.92 Å². The van der Waals surface area contributed by atoms with Gasteiger partial charge in [-0.15, -0.1) is 0 Å². The molecule has 2 aliphatic rings. The molecule has 1 spiro atoms. The van der Waals surface area contributed by atoms with Gasteiger partial charge in [0.05, 0.1) is 26.2 Å². The van der Waals surface area contributed by atoms with E-state index in [1.807, 2.05) is 24.3 Å². The highest BCUT2D eigenvalue weighted by molar-refractivity contribution is 5.61. The molecule has 3 nitrogen and oxygen atoms in total. The highest BCUT2D eigenvalue weighted by Crippen LogP contribution is 2.49. The summed E-state index contributed by atoms with van der Waals surface area (Å²) >= 11 is 0. The topological polar surface area (TPSA) is 27.7 Å². The smallest absolute Gasteiger partial charge is 0.206 e. The van der Waals surface area contributed by atoms with Crippen LogP contribution < -0.4 is 4.74 Å². The van der Waals surface area contributed by atoms with Crippen molar-refractivity contribution in [3.05, 3.63) is 71.3 Å². The van der Waals surface area contributed by atoms with Crippen molar-refractivity contribution in [2.45, 2.75) is 11.7 Å². The second-order valence-electron chi connectivity index (χ2n) is 5.56. The summed E-state index contributed by atoms with van der Waals surface area (Å²) in [5.41, 5.74) is 3.43. The van der Waals surface area contributed by atoms with E-state index in [0.717, 1.165) is 22.4 Å². The van der Waals surface area contributed by atoms with Gasteiger partial charge < -0.3 is 14.2 Å². The van der Waals surface area contributed by atoms with E-state index in [1.165, 1.54) is 0 Å². The monoisotopic (exact) mass is 294 g/mol. The zero-order valence-corrected chi connectivity index (χ0v) is 12.5. The number of ether oxygens (including phenoxy) is 3. The maximum atomic E-state index is 6.13. The van der Waals surface area contributed by atoms with E-state index >= 15 is 0 Å². The van der Waals surface area contributed by atoms with Gasteiger partial charge in [-0.2, -0.15) is 0 Å². The summed E-state index contributed by atoms with van der Waals surface area (Å²) in [6, 6.07) is 16.4. The first-order chi connectivity index (χ1) is 10.8. The Morgan fingerprint density at radius 3 is 2.45 bits per heavy atom. The second kappa shape index (κ2) is 5.27. The molecule has 1 aliphatic carbocycles. The summed E-state index contributed by atoms with van der Waals surface area (Å²) in [5.74, 6) is 0.182. The van der Waals surface area contributed by atoms with Gasteiger partial charge in [-0.05, 0) is 23.3 Å². The van der Waals surface area contributed by atoms with Gasteiger partial charge in [0, 0.05) is 5.56 Å². The van der Waals surface area contributed by atoms with Crippen LogP contribution in [0.5, 0.6) is 5.75 Å². The average molecular weight is 294 g/mol. The van der Waals surface area contributed by atoms with Crippen molar-refractivity contribution in [1.82, 2.24) is 0 Å². The fourth-order valence-corrected chi connectivity index (χ4v) is 3.36. The number of hydrogen-bond acceptors (Lipinski definition) is 3. The number of hydrogen-bond donors (Lipinski definition) is 0. The molecule has 2 aromatic carbocycles. The van der Waals surface area contributed by atoms with Crippen LogP contribution in [0.1, 0.15) is 22.6 Å². The van der Waals surface area contributed by atoms with Crippen LogP contribution >= 0.6 is 0 Å². The van der Waals surface area contributed by atoms with Gasteiger partial charge in [0.25, 0.3) is 0 Å². The zero-order valence-electron chi connectivity index (χ0n) is 12.5. The lowest BCUT2D eigenvalue weighted by molar-refractivity contribution is -0.176. The van der Waals surface area contributed by atoms with Crippen molar-refractivity contribution in [1.29, 1.82) is 0 Å². The molecule has 112 valence electrons. The van der Waals surface area contributed by atoms with Crippen LogP contribution in [0.3, 0.4) is 0 Å². The molecule has 4 rings (SSSR count). The Morgan fingerprint density at radius 1 is 1.00 bits per heavy atom. The number of rotatable bonds is 2. The van der Waals surface area contributed by atoms with Gasteiger partial charge in [0.2, 0.25) is 5.79 Å². The van der Waals surface area contributed by atoms with Crippen molar-refractivity contribution < 1.29 is 14.2 Å². The third kappa shape index (κ3) is 1.97. The van der Waals surface area contributed by atoms with Gasteiger partial charge in [-0.3, -0.25) is 0 Å². The summed E-state index contributed by atoms with van der Waals surface area (Å²) in [6.45, 7) is 1.24. The third-order valence-corrected chi connectivity index (χ3v) is 4.41. The molecule has 1 aliphatic heterocycles. The highest BCUT2D eigenvalue weighted by atomic mass is 16.7. The molecule has 0 bridgehead atoms. The minimum atomic E-state index is -0.708. The molecule has 1 atom stereocenters. The Morgan fingerprint density at radius 2 is 1.73 bits per heavy atom. The maximum absolute atomic E-state index is 6.13. The first-order valence-corrected chi connectivity index (χ1v) is 7.53. The van der Waals surface area contributed by atoms with Crippen LogP contribution in [0, 0.1) is 0 Å². The normalized spacial score (nSPS) is 21.8. The molecule has 0 N–H and O–H groups in total. The third-order valence-electron chi connectivity index (χ3n) is 4.41. The van der Waals surface area contributed by atoms with E-state index < -0.39 is 5.79 Å². The molecule has 0 radical (unpaired) electrons. The van der Waals surface area contributed by atoms with Crippen LogP contribution in [0.2, 0.25) is 0 Å². The summed E-state index contributed by atoms with van der Waals surface area (Å²) < 4.78 is 17.5. The SMILES string of the molecule is COc1ccc(C2C=Cc3ccccc3C23OCCO3)cc1. The lowest BCUT2D eigenvalue weighted by Gasteiger charge is -2.38. The Kier molecular flexibility index (Phi) is 3.25. The quantitative estimate of drug-likeness (QED) is 0.845. The molecule has 0 aromatic heterocycles. The number of fused-ring (bicyclic) bond motifs is 2. The van der Waals surface area contributed by atoms with Crippen molar-refractivity contribution in [3.8, 4) is 5.75 Å². The van der Waals surface area contributed by atoms with Crippen molar-refractivity contribution in [2.24, 2.45) is 0 Å². The summed E-state index contributed by atoms with van der Waals surface area (Å²) in [7, 11) is 1.68. The fraction of sp³-hybridized carbons (Fsp3) is 0.263. The molecular formula is C19H18O3.